The second kappa shape index (κ2) is 3.85. The van der Waals surface area contributed by atoms with E-state index in [0.29, 0.717) is 0 Å². The monoisotopic (exact) mass is 213 g/mol. The van der Waals surface area contributed by atoms with Crippen LogP contribution in [0.25, 0.3) is 0 Å². The van der Waals surface area contributed by atoms with E-state index in [0.717, 1.165) is 6.42 Å². The number of carbonyl (C=O) groups excluding carboxylic acids is 1. The van der Waals surface area contributed by atoms with Crippen LogP contribution in [0, 0.1) is 5.92 Å². The van der Waals surface area contributed by atoms with Crippen molar-refractivity contribution in [2.24, 2.45) is 5.92 Å². The topological polar surface area (TPSA) is 58.6 Å². The van der Waals surface area contributed by atoms with Gasteiger partial charge in [-0.2, -0.15) is 0 Å². The summed E-state index contributed by atoms with van der Waals surface area (Å²) >= 11 is 0. The Hall–Kier alpha value is -1.03. The number of hydrogen-bond acceptors (Lipinski definition) is 3. The van der Waals surface area contributed by atoms with Gasteiger partial charge < -0.3 is 15.2 Å². The van der Waals surface area contributed by atoms with Crippen LogP contribution < -0.4 is 5.32 Å². The van der Waals surface area contributed by atoms with Crippen LogP contribution >= 0.6 is 0 Å². The number of carbonyl (C=O) groups is 1. The van der Waals surface area contributed by atoms with Crippen LogP contribution in [0.1, 0.15) is 27.2 Å². The van der Waals surface area contributed by atoms with E-state index in [1.54, 1.807) is 26.8 Å². The number of aliphatic hydroxyl groups is 1. The molecule has 0 aromatic carbocycles. The van der Waals surface area contributed by atoms with Crippen molar-refractivity contribution >= 4 is 6.09 Å². The van der Waals surface area contributed by atoms with E-state index in [1.165, 1.54) is 0 Å². The second-order valence-electron chi connectivity index (χ2n) is 4.99. The Morgan fingerprint density at radius 2 is 2.33 bits per heavy atom. The molecule has 0 bridgehead atoms. The van der Waals surface area contributed by atoms with Crippen LogP contribution in [0.2, 0.25) is 0 Å². The number of amides is 1. The smallest absolute Gasteiger partial charge is 0.408 e. The molecule has 1 aliphatic carbocycles. The lowest BCUT2D eigenvalue weighted by molar-refractivity contribution is 0.0466. The van der Waals surface area contributed by atoms with Gasteiger partial charge in [-0.15, -0.1) is 6.58 Å². The van der Waals surface area contributed by atoms with Crippen LogP contribution in [0.3, 0.4) is 0 Å². The Morgan fingerprint density at radius 3 is 2.67 bits per heavy atom. The third kappa shape index (κ3) is 2.96. The molecule has 1 rings (SSSR count). The first-order valence-corrected chi connectivity index (χ1v) is 5.07. The summed E-state index contributed by atoms with van der Waals surface area (Å²) in [5.41, 5.74) is -1.05. The van der Waals surface area contributed by atoms with Gasteiger partial charge in [0.15, 0.2) is 0 Å². The summed E-state index contributed by atoms with van der Waals surface area (Å²) < 4.78 is 5.11. The summed E-state index contributed by atoms with van der Waals surface area (Å²) in [5, 5.41) is 11.9. The van der Waals surface area contributed by atoms with E-state index in [1.807, 2.05) is 0 Å². The number of alkyl carbamates (subject to hydrolysis) is 1. The molecule has 0 radical (unpaired) electrons. The van der Waals surface area contributed by atoms with E-state index < -0.39 is 17.2 Å². The molecule has 2 atom stereocenters. The second-order valence-corrected chi connectivity index (χ2v) is 4.99. The van der Waals surface area contributed by atoms with Gasteiger partial charge in [-0.3, -0.25) is 0 Å². The molecule has 1 amide bonds. The average Bonchev–Trinajstić information content (AvgIpc) is 2.76. The lowest BCUT2D eigenvalue weighted by atomic mass is 10.2. The first-order chi connectivity index (χ1) is 6.83. The van der Waals surface area contributed by atoms with Crippen LogP contribution in [-0.2, 0) is 4.74 Å². The van der Waals surface area contributed by atoms with Gasteiger partial charge in [0.25, 0.3) is 0 Å². The van der Waals surface area contributed by atoms with Gasteiger partial charge in [0.2, 0.25) is 0 Å². The quantitative estimate of drug-likeness (QED) is 0.697. The van der Waals surface area contributed by atoms with Gasteiger partial charge in [-0.25, -0.2) is 4.79 Å². The van der Waals surface area contributed by atoms with Crippen molar-refractivity contribution in [1.29, 1.82) is 0 Å². The average molecular weight is 213 g/mol. The van der Waals surface area contributed by atoms with Crippen molar-refractivity contribution in [3.8, 4) is 0 Å². The molecule has 15 heavy (non-hydrogen) atoms. The number of hydrogen-bond donors (Lipinski definition) is 2. The molecule has 1 aliphatic rings. The zero-order valence-corrected chi connectivity index (χ0v) is 9.54. The van der Waals surface area contributed by atoms with Crippen molar-refractivity contribution in [3.63, 3.8) is 0 Å². The largest absolute Gasteiger partial charge is 0.444 e. The maximum atomic E-state index is 11.5. The fraction of sp³-hybridized carbons (Fsp3) is 0.727. The Kier molecular flexibility index (Phi) is 3.09. The highest BCUT2D eigenvalue weighted by Crippen LogP contribution is 2.43. The standard InChI is InChI=1S/C11H19NO3/c1-5-8-6-11(8,7-13)12-9(14)15-10(2,3)4/h5,8,13H,1,6-7H2,2-4H3,(H,12,14)/t8-,11-/m0/s1. The molecule has 86 valence electrons. The first-order valence-electron chi connectivity index (χ1n) is 5.07. The van der Waals surface area contributed by atoms with Crippen LogP contribution in [-0.4, -0.2) is 28.9 Å². The third-order valence-corrected chi connectivity index (χ3v) is 2.45. The molecule has 0 heterocycles. The maximum Gasteiger partial charge on any atom is 0.408 e. The number of aliphatic hydroxyl groups excluding tert-OH is 1. The summed E-state index contributed by atoms with van der Waals surface area (Å²) in [5.74, 6) is 0.148. The number of rotatable bonds is 3. The molecule has 4 nitrogen and oxygen atoms in total. The summed E-state index contributed by atoms with van der Waals surface area (Å²) in [4.78, 5) is 11.5. The predicted octanol–water partition coefficient (Wildman–Crippen LogP) is 1.45. The Bertz CT molecular complexity index is 269. The molecule has 1 fully saturated rings. The van der Waals surface area contributed by atoms with Gasteiger partial charge in [-0.1, -0.05) is 6.08 Å². The van der Waals surface area contributed by atoms with Gasteiger partial charge in [0.1, 0.15) is 5.60 Å². The van der Waals surface area contributed by atoms with Crippen LogP contribution in [0.15, 0.2) is 12.7 Å². The molecule has 0 aromatic rings. The van der Waals surface area contributed by atoms with Crippen molar-refractivity contribution < 1.29 is 14.6 Å². The fourth-order valence-corrected chi connectivity index (χ4v) is 1.51. The van der Waals surface area contributed by atoms with E-state index in [-0.39, 0.29) is 12.5 Å². The highest BCUT2D eigenvalue weighted by atomic mass is 16.6. The van der Waals surface area contributed by atoms with Gasteiger partial charge in [0.05, 0.1) is 12.1 Å². The van der Waals surface area contributed by atoms with Gasteiger partial charge >= 0.3 is 6.09 Å². The highest BCUT2D eigenvalue weighted by Gasteiger charge is 2.53. The van der Waals surface area contributed by atoms with Crippen molar-refractivity contribution in [2.45, 2.75) is 38.3 Å². The molecule has 0 aromatic heterocycles. The normalized spacial score (nSPS) is 29.5. The van der Waals surface area contributed by atoms with Crippen molar-refractivity contribution in [1.82, 2.24) is 5.32 Å². The number of nitrogens with one attached hydrogen (secondary N) is 1. The lowest BCUT2D eigenvalue weighted by Crippen LogP contribution is -2.44. The molecule has 1 saturated carbocycles. The Labute approximate surface area is 90.3 Å². The van der Waals surface area contributed by atoms with E-state index in [4.69, 9.17) is 4.74 Å². The highest BCUT2D eigenvalue weighted by molar-refractivity contribution is 5.69. The van der Waals surface area contributed by atoms with Crippen molar-refractivity contribution in [2.75, 3.05) is 6.61 Å². The maximum absolute atomic E-state index is 11.5. The van der Waals surface area contributed by atoms with Crippen LogP contribution in [0.4, 0.5) is 4.79 Å². The lowest BCUT2D eigenvalue weighted by Gasteiger charge is -2.23. The van der Waals surface area contributed by atoms with Crippen molar-refractivity contribution in [3.05, 3.63) is 12.7 Å². The predicted molar refractivity (Wildman–Crippen MR) is 57.5 cm³/mol. The minimum Gasteiger partial charge on any atom is -0.444 e. The van der Waals surface area contributed by atoms with Gasteiger partial charge in [0, 0.05) is 5.92 Å². The molecular weight excluding hydrogens is 194 g/mol. The molecular formula is C11H19NO3. The SMILES string of the molecule is C=C[C@H]1C[C@@]1(CO)NC(=O)OC(C)(C)C. The minimum absolute atomic E-state index is 0.0804. The van der Waals surface area contributed by atoms with Crippen LogP contribution in [0.5, 0.6) is 0 Å². The van der Waals surface area contributed by atoms with Gasteiger partial charge in [-0.05, 0) is 27.2 Å². The molecule has 0 spiro atoms. The molecule has 2 N–H and O–H groups in total. The number of ether oxygens (including phenoxy) is 1. The third-order valence-electron chi connectivity index (χ3n) is 2.45. The summed E-state index contributed by atoms with van der Waals surface area (Å²) in [6.07, 6.45) is 1.99. The molecule has 0 saturated heterocycles. The molecule has 0 aliphatic heterocycles. The zero-order chi connectivity index (χ0) is 11.7. The summed E-state index contributed by atoms with van der Waals surface area (Å²) in [6, 6.07) is 0. The zero-order valence-electron chi connectivity index (χ0n) is 9.54. The van der Waals surface area contributed by atoms with E-state index >= 15 is 0 Å². The molecule has 4 heteroatoms. The first kappa shape index (κ1) is 12.0. The summed E-state index contributed by atoms with van der Waals surface area (Å²) in [6.45, 7) is 8.97. The summed E-state index contributed by atoms with van der Waals surface area (Å²) in [7, 11) is 0. The minimum atomic E-state index is -0.538. The van der Waals surface area contributed by atoms with E-state index in [9.17, 15) is 9.90 Å². The van der Waals surface area contributed by atoms with E-state index in [2.05, 4.69) is 11.9 Å². The Morgan fingerprint density at radius 1 is 1.73 bits per heavy atom. The fourth-order valence-electron chi connectivity index (χ4n) is 1.51. The Balaban J connectivity index is 2.48. The molecule has 0 unspecified atom stereocenters.